The first kappa shape index (κ1) is 10.3. The van der Waals surface area contributed by atoms with Crippen LogP contribution < -0.4 is 0 Å². The number of unbranched alkanes of at least 4 members (excludes halogenated alkanes) is 1. The first-order valence-electron chi connectivity index (χ1n) is 4.39. The van der Waals surface area contributed by atoms with Gasteiger partial charge in [0.15, 0.2) is 6.29 Å². The molecule has 0 N–H and O–H groups in total. The number of aromatic nitrogens is 2. The third-order valence-electron chi connectivity index (χ3n) is 1.86. The molecule has 3 nitrogen and oxygen atoms in total. The summed E-state index contributed by atoms with van der Waals surface area (Å²) in [6, 6.07) is 0. The molecule has 1 aromatic heterocycles. The Balaban J connectivity index is 2.74. The third-order valence-corrected chi connectivity index (χ3v) is 2.12. The molecule has 0 bridgehead atoms. The van der Waals surface area contributed by atoms with Gasteiger partial charge in [0.2, 0.25) is 0 Å². The average Bonchev–Trinajstić information content (AvgIpc) is 2.57. The largest absolute Gasteiger partial charge is 0.298 e. The second-order valence-corrected chi connectivity index (χ2v) is 3.17. The molecule has 0 saturated carbocycles. The molecule has 0 saturated heterocycles. The molecule has 0 aliphatic heterocycles. The summed E-state index contributed by atoms with van der Waals surface area (Å²) in [6.45, 7) is 2.97. The maximum atomic E-state index is 10.6. The Kier molecular flexibility index (Phi) is 3.96. The summed E-state index contributed by atoms with van der Waals surface area (Å²) in [5.74, 6) is 0.299. The highest BCUT2D eigenvalue weighted by Gasteiger charge is 2.05. The van der Waals surface area contributed by atoms with Crippen molar-refractivity contribution >= 4 is 17.9 Å². The van der Waals surface area contributed by atoms with Crippen LogP contribution in [0.15, 0.2) is 6.20 Å². The van der Waals surface area contributed by atoms with Gasteiger partial charge in [-0.3, -0.25) is 9.48 Å². The van der Waals surface area contributed by atoms with Gasteiger partial charge >= 0.3 is 0 Å². The maximum Gasteiger partial charge on any atom is 0.153 e. The fraction of sp³-hybridized carbons (Fsp3) is 0.556. The molecule has 1 aromatic rings. The minimum absolute atomic E-state index is 0.299. The fourth-order valence-corrected chi connectivity index (χ4v) is 1.32. The summed E-state index contributed by atoms with van der Waals surface area (Å²) in [5, 5.41) is 4.19. The predicted molar refractivity (Wildman–Crippen MR) is 52.1 cm³/mol. The van der Waals surface area contributed by atoms with Gasteiger partial charge in [-0.15, -0.1) is 11.6 Å². The number of carbonyl (C=O) groups is 1. The van der Waals surface area contributed by atoms with Crippen LogP contribution in [-0.2, 0) is 12.4 Å². The molecule has 0 aromatic carbocycles. The number of carbonyl (C=O) groups excluding carboxylic acids is 1. The summed E-state index contributed by atoms with van der Waals surface area (Å²) in [5.41, 5.74) is 1.28. The zero-order chi connectivity index (χ0) is 9.68. The van der Waals surface area contributed by atoms with Gasteiger partial charge in [0.1, 0.15) is 0 Å². The molecule has 0 spiro atoms. The van der Waals surface area contributed by atoms with E-state index in [1.807, 2.05) is 0 Å². The summed E-state index contributed by atoms with van der Waals surface area (Å²) in [4.78, 5) is 10.6. The number of alkyl halides is 1. The van der Waals surface area contributed by atoms with Gasteiger partial charge in [0, 0.05) is 12.7 Å². The topological polar surface area (TPSA) is 34.9 Å². The van der Waals surface area contributed by atoms with Crippen LogP contribution in [0.25, 0.3) is 0 Å². The number of nitrogens with zero attached hydrogens (tertiary/aromatic N) is 2. The van der Waals surface area contributed by atoms with Crippen LogP contribution in [0.4, 0.5) is 0 Å². The molecule has 0 aliphatic rings. The van der Waals surface area contributed by atoms with E-state index in [2.05, 4.69) is 12.0 Å². The minimum Gasteiger partial charge on any atom is -0.298 e. The van der Waals surface area contributed by atoms with Crippen molar-refractivity contribution in [2.45, 2.75) is 32.2 Å². The highest BCUT2D eigenvalue weighted by atomic mass is 35.5. The van der Waals surface area contributed by atoms with E-state index in [4.69, 9.17) is 11.6 Å². The van der Waals surface area contributed by atoms with Gasteiger partial charge in [-0.25, -0.2) is 0 Å². The van der Waals surface area contributed by atoms with Crippen molar-refractivity contribution in [2.24, 2.45) is 0 Å². The SMILES string of the molecule is CCCCn1cc(C=O)c(CCl)n1. The second kappa shape index (κ2) is 5.02. The Hall–Kier alpha value is -0.830. The van der Waals surface area contributed by atoms with E-state index in [0.29, 0.717) is 17.1 Å². The maximum absolute atomic E-state index is 10.6. The molecule has 0 amide bonds. The number of hydrogen-bond acceptors (Lipinski definition) is 2. The molecular formula is C9H13ClN2O. The number of aryl methyl sites for hydroxylation is 1. The van der Waals surface area contributed by atoms with Crippen LogP contribution in [0.3, 0.4) is 0 Å². The van der Waals surface area contributed by atoms with Crippen molar-refractivity contribution in [3.63, 3.8) is 0 Å². The van der Waals surface area contributed by atoms with E-state index in [9.17, 15) is 4.79 Å². The summed E-state index contributed by atoms with van der Waals surface area (Å²) in [6.07, 6.45) is 4.74. The lowest BCUT2D eigenvalue weighted by molar-refractivity contribution is 0.112. The zero-order valence-electron chi connectivity index (χ0n) is 7.66. The minimum atomic E-state index is 0.299. The molecule has 0 atom stereocenters. The number of hydrogen-bond donors (Lipinski definition) is 0. The lowest BCUT2D eigenvalue weighted by Gasteiger charge is -1.96. The second-order valence-electron chi connectivity index (χ2n) is 2.90. The quantitative estimate of drug-likeness (QED) is 0.540. The molecule has 1 heterocycles. The summed E-state index contributed by atoms with van der Waals surface area (Å²) >= 11 is 5.62. The van der Waals surface area contributed by atoms with Gasteiger partial charge in [0.05, 0.1) is 17.1 Å². The molecule has 4 heteroatoms. The van der Waals surface area contributed by atoms with E-state index in [1.165, 1.54) is 0 Å². The van der Waals surface area contributed by atoms with E-state index in [1.54, 1.807) is 10.9 Å². The van der Waals surface area contributed by atoms with Crippen molar-refractivity contribution in [3.8, 4) is 0 Å². The van der Waals surface area contributed by atoms with E-state index in [0.717, 1.165) is 25.7 Å². The standard InChI is InChI=1S/C9H13ClN2O/c1-2-3-4-12-6-8(7-13)9(5-10)11-12/h6-7H,2-5H2,1H3. The van der Waals surface area contributed by atoms with Gasteiger partial charge in [0.25, 0.3) is 0 Å². The lowest BCUT2D eigenvalue weighted by Crippen LogP contribution is -1.98. The predicted octanol–water partition coefficient (Wildman–Crippen LogP) is 2.23. The highest BCUT2D eigenvalue weighted by molar-refractivity contribution is 6.17. The Morgan fingerprint density at radius 3 is 2.92 bits per heavy atom. The van der Waals surface area contributed by atoms with Crippen LogP contribution in [0, 0.1) is 0 Å². The van der Waals surface area contributed by atoms with Crippen LogP contribution in [0.2, 0.25) is 0 Å². The first-order chi connectivity index (χ1) is 6.31. The van der Waals surface area contributed by atoms with E-state index < -0.39 is 0 Å². The Bertz CT molecular complexity index is 283. The lowest BCUT2D eigenvalue weighted by atomic mass is 10.3. The van der Waals surface area contributed by atoms with E-state index in [-0.39, 0.29) is 0 Å². The van der Waals surface area contributed by atoms with Crippen LogP contribution >= 0.6 is 11.6 Å². The van der Waals surface area contributed by atoms with Gasteiger partial charge in [-0.2, -0.15) is 5.10 Å². The van der Waals surface area contributed by atoms with Crippen molar-refractivity contribution in [2.75, 3.05) is 0 Å². The van der Waals surface area contributed by atoms with Crippen LogP contribution in [-0.4, -0.2) is 16.1 Å². The van der Waals surface area contributed by atoms with Crippen molar-refractivity contribution < 1.29 is 4.79 Å². The smallest absolute Gasteiger partial charge is 0.153 e. The molecule has 0 fully saturated rings. The normalized spacial score (nSPS) is 10.3. The fourth-order valence-electron chi connectivity index (χ4n) is 1.11. The number of rotatable bonds is 5. The molecular weight excluding hydrogens is 188 g/mol. The number of halogens is 1. The molecule has 1 rings (SSSR count). The van der Waals surface area contributed by atoms with Gasteiger partial charge in [-0.1, -0.05) is 13.3 Å². The third kappa shape index (κ3) is 2.56. The van der Waals surface area contributed by atoms with Crippen molar-refractivity contribution in [1.82, 2.24) is 9.78 Å². The average molecular weight is 201 g/mol. The molecule has 0 aliphatic carbocycles. The molecule has 0 unspecified atom stereocenters. The Morgan fingerprint density at radius 2 is 2.46 bits per heavy atom. The molecule has 13 heavy (non-hydrogen) atoms. The van der Waals surface area contributed by atoms with Gasteiger partial charge < -0.3 is 0 Å². The van der Waals surface area contributed by atoms with Crippen LogP contribution in [0.1, 0.15) is 35.8 Å². The summed E-state index contributed by atoms with van der Waals surface area (Å²) < 4.78 is 1.78. The van der Waals surface area contributed by atoms with Gasteiger partial charge in [-0.05, 0) is 6.42 Å². The number of aldehydes is 1. The van der Waals surface area contributed by atoms with Crippen molar-refractivity contribution in [1.29, 1.82) is 0 Å². The highest BCUT2D eigenvalue weighted by Crippen LogP contribution is 2.07. The van der Waals surface area contributed by atoms with Crippen LogP contribution in [0.5, 0.6) is 0 Å². The molecule has 72 valence electrons. The first-order valence-corrected chi connectivity index (χ1v) is 4.92. The Morgan fingerprint density at radius 1 is 1.69 bits per heavy atom. The monoisotopic (exact) mass is 200 g/mol. The Labute approximate surface area is 82.7 Å². The molecule has 0 radical (unpaired) electrons. The summed E-state index contributed by atoms with van der Waals surface area (Å²) in [7, 11) is 0. The zero-order valence-corrected chi connectivity index (χ0v) is 8.42. The van der Waals surface area contributed by atoms with E-state index >= 15 is 0 Å². The van der Waals surface area contributed by atoms with Crippen molar-refractivity contribution in [3.05, 3.63) is 17.5 Å².